The van der Waals surface area contributed by atoms with E-state index in [0.717, 1.165) is 21.7 Å². The first kappa shape index (κ1) is 18.0. The standard InChI is InChI=1S/C21H20N2O2S/c1-4-13-22-20(24)14-19(16-7-5-15(2)6-8-16)23(21(22)25)17-9-11-18(26-3)12-10-17/h4-12,14H,1,13H2,2-3H3. The fraction of sp³-hybridized carbons (Fsp3) is 0.143. The zero-order valence-electron chi connectivity index (χ0n) is 14.8. The van der Waals surface area contributed by atoms with Crippen molar-refractivity contribution < 1.29 is 0 Å². The molecule has 0 spiro atoms. The highest BCUT2D eigenvalue weighted by Crippen LogP contribution is 2.22. The first-order valence-electron chi connectivity index (χ1n) is 8.24. The molecule has 0 aliphatic rings. The Labute approximate surface area is 156 Å². The maximum absolute atomic E-state index is 13.1. The third kappa shape index (κ3) is 3.44. The number of aryl methyl sites for hydroxylation is 1. The number of aromatic nitrogens is 2. The summed E-state index contributed by atoms with van der Waals surface area (Å²) in [5, 5.41) is 0. The summed E-state index contributed by atoms with van der Waals surface area (Å²) in [7, 11) is 0. The Balaban J connectivity index is 2.32. The van der Waals surface area contributed by atoms with Crippen LogP contribution in [0.15, 0.2) is 81.7 Å². The number of allylic oxidation sites excluding steroid dienone is 1. The lowest BCUT2D eigenvalue weighted by atomic mass is 10.1. The van der Waals surface area contributed by atoms with Crippen LogP contribution in [-0.4, -0.2) is 15.4 Å². The van der Waals surface area contributed by atoms with E-state index in [9.17, 15) is 9.59 Å². The van der Waals surface area contributed by atoms with E-state index >= 15 is 0 Å². The van der Waals surface area contributed by atoms with Gasteiger partial charge in [-0.05, 0) is 43.0 Å². The average Bonchev–Trinajstić information content (AvgIpc) is 2.65. The summed E-state index contributed by atoms with van der Waals surface area (Å²) in [5.41, 5.74) is 2.54. The van der Waals surface area contributed by atoms with Gasteiger partial charge < -0.3 is 0 Å². The Morgan fingerprint density at radius 3 is 2.27 bits per heavy atom. The molecule has 1 aromatic heterocycles. The molecule has 132 valence electrons. The van der Waals surface area contributed by atoms with Crippen molar-refractivity contribution in [3.05, 3.63) is 93.7 Å². The Hall–Kier alpha value is -2.79. The smallest absolute Gasteiger partial charge is 0.269 e. The monoisotopic (exact) mass is 364 g/mol. The molecule has 0 saturated carbocycles. The summed E-state index contributed by atoms with van der Waals surface area (Å²) < 4.78 is 2.77. The predicted octanol–water partition coefficient (Wildman–Crippen LogP) is 3.88. The largest absolute Gasteiger partial charge is 0.336 e. The Bertz CT molecular complexity index is 1050. The number of thioether (sulfide) groups is 1. The van der Waals surface area contributed by atoms with Crippen molar-refractivity contribution in [2.75, 3.05) is 6.26 Å². The molecule has 0 radical (unpaired) electrons. The van der Waals surface area contributed by atoms with Gasteiger partial charge in [0.1, 0.15) is 0 Å². The van der Waals surface area contributed by atoms with Crippen LogP contribution in [0.4, 0.5) is 0 Å². The highest BCUT2D eigenvalue weighted by atomic mass is 32.2. The van der Waals surface area contributed by atoms with E-state index in [-0.39, 0.29) is 17.8 Å². The highest BCUT2D eigenvalue weighted by Gasteiger charge is 2.14. The molecule has 0 aliphatic carbocycles. The van der Waals surface area contributed by atoms with Crippen LogP contribution in [0.3, 0.4) is 0 Å². The van der Waals surface area contributed by atoms with Gasteiger partial charge in [0.05, 0.1) is 11.4 Å². The van der Waals surface area contributed by atoms with Crippen LogP contribution in [0, 0.1) is 6.92 Å². The van der Waals surface area contributed by atoms with Crippen LogP contribution in [0.2, 0.25) is 0 Å². The van der Waals surface area contributed by atoms with E-state index in [1.54, 1.807) is 22.4 Å². The Morgan fingerprint density at radius 1 is 1.04 bits per heavy atom. The molecule has 2 aromatic carbocycles. The van der Waals surface area contributed by atoms with Gasteiger partial charge in [-0.3, -0.25) is 13.9 Å². The molecule has 0 bridgehead atoms. The minimum Gasteiger partial charge on any atom is -0.269 e. The number of hydrogen-bond acceptors (Lipinski definition) is 3. The summed E-state index contributed by atoms with van der Waals surface area (Å²) in [5.74, 6) is 0. The molecule has 0 unspecified atom stereocenters. The molecule has 0 atom stereocenters. The van der Waals surface area contributed by atoms with Crippen molar-refractivity contribution in [2.45, 2.75) is 18.4 Å². The molecule has 1 heterocycles. The van der Waals surface area contributed by atoms with Gasteiger partial charge in [-0.15, -0.1) is 18.3 Å². The van der Waals surface area contributed by atoms with Crippen molar-refractivity contribution in [3.8, 4) is 16.9 Å². The SMILES string of the molecule is C=CCn1c(=O)cc(-c2ccc(C)cc2)n(-c2ccc(SC)cc2)c1=O. The molecule has 0 saturated heterocycles. The predicted molar refractivity (Wildman–Crippen MR) is 108 cm³/mol. The van der Waals surface area contributed by atoms with Gasteiger partial charge in [-0.25, -0.2) is 4.79 Å². The van der Waals surface area contributed by atoms with E-state index in [2.05, 4.69) is 6.58 Å². The molecule has 0 N–H and O–H groups in total. The molecule has 5 heteroatoms. The van der Waals surface area contributed by atoms with Gasteiger partial charge in [0.25, 0.3) is 5.56 Å². The third-order valence-electron chi connectivity index (χ3n) is 4.18. The first-order valence-corrected chi connectivity index (χ1v) is 9.47. The van der Waals surface area contributed by atoms with E-state index in [4.69, 9.17) is 0 Å². The average molecular weight is 364 g/mol. The summed E-state index contributed by atoms with van der Waals surface area (Å²) >= 11 is 1.64. The molecule has 3 aromatic rings. The lowest BCUT2D eigenvalue weighted by Crippen LogP contribution is -2.39. The van der Waals surface area contributed by atoms with Gasteiger partial charge in [0.15, 0.2) is 0 Å². The van der Waals surface area contributed by atoms with Crippen molar-refractivity contribution >= 4 is 11.8 Å². The summed E-state index contributed by atoms with van der Waals surface area (Å²) in [4.78, 5) is 26.7. The van der Waals surface area contributed by atoms with Crippen LogP contribution in [0.5, 0.6) is 0 Å². The van der Waals surface area contributed by atoms with Crippen LogP contribution >= 0.6 is 11.8 Å². The van der Waals surface area contributed by atoms with Crippen LogP contribution in [-0.2, 0) is 6.54 Å². The fourth-order valence-electron chi connectivity index (χ4n) is 2.79. The van der Waals surface area contributed by atoms with Gasteiger partial charge >= 0.3 is 5.69 Å². The number of nitrogens with zero attached hydrogens (tertiary/aromatic N) is 2. The first-order chi connectivity index (χ1) is 12.5. The number of hydrogen-bond donors (Lipinski definition) is 0. The van der Waals surface area contributed by atoms with Crippen molar-refractivity contribution in [2.24, 2.45) is 0 Å². The Morgan fingerprint density at radius 2 is 1.69 bits per heavy atom. The van der Waals surface area contributed by atoms with Crippen LogP contribution in [0.25, 0.3) is 16.9 Å². The zero-order valence-corrected chi connectivity index (χ0v) is 15.6. The summed E-state index contributed by atoms with van der Waals surface area (Å²) in [6, 6.07) is 17.0. The highest BCUT2D eigenvalue weighted by molar-refractivity contribution is 7.98. The van der Waals surface area contributed by atoms with Crippen molar-refractivity contribution in [3.63, 3.8) is 0 Å². The normalized spacial score (nSPS) is 10.7. The summed E-state index contributed by atoms with van der Waals surface area (Å²) in [6.07, 6.45) is 3.55. The lowest BCUT2D eigenvalue weighted by molar-refractivity contribution is 0.684. The molecular formula is C21H20N2O2S. The molecule has 0 aliphatic heterocycles. The van der Waals surface area contributed by atoms with Gasteiger partial charge in [-0.2, -0.15) is 0 Å². The van der Waals surface area contributed by atoms with E-state index in [1.807, 2.05) is 61.7 Å². The quantitative estimate of drug-likeness (QED) is 0.510. The van der Waals surface area contributed by atoms with Gasteiger partial charge in [0.2, 0.25) is 0 Å². The topological polar surface area (TPSA) is 44.0 Å². The van der Waals surface area contributed by atoms with E-state index < -0.39 is 0 Å². The molecule has 0 amide bonds. The number of rotatable bonds is 5. The van der Waals surface area contributed by atoms with Crippen LogP contribution < -0.4 is 11.2 Å². The summed E-state index contributed by atoms with van der Waals surface area (Å²) in [6.45, 7) is 5.82. The minimum atomic E-state index is -0.370. The second kappa shape index (κ2) is 7.62. The molecule has 0 fully saturated rings. The molecule has 26 heavy (non-hydrogen) atoms. The second-order valence-corrected chi connectivity index (χ2v) is 6.83. The Kier molecular flexibility index (Phi) is 5.28. The fourth-order valence-corrected chi connectivity index (χ4v) is 3.20. The van der Waals surface area contributed by atoms with Gasteiger partial charge in [0, 0.05) is 17.5 Å². The molecular weight excluding hydrogens is 344 g/mol. The van der Waals surface area contributed by atoms with E-state index in [1.165, 1.54) is 10.6 Å². The molecule has 3 rings (SSSR count). The molecule has 4 nitrogen and oxygen atoms in total. The van der Waals surface area contributed by atoms with E-state index in [0.29, 0.717) is 5.69 Å². The minimum absolute atomic E-state index is 0.175. The maximum atomic E-state index is 13.1. The lowest BCUT2D eigenvalue weighted by Gasteiger charge is -2.15. The van der Waals surface area contributed by atoms with Gasteiger partial charge in [-0.1, -0.05) is 35.9 Å². The number of benzene rings is 2. The van der Waals surface area contributed by atoms with Crippen LogP contribution in [0.1, 0.15) is 5.56 Å². The zero-order chi connectivity index (χ0) is 18.7. The van der Waals surface area contributed by atoms with Crippen molar-refractivity contribution in [1.82, 2.24) is 9.13 Å². The third-order valence-corrected chi connectivity index (χ3v) is 4.92. The second-order valence-electron chi connectivity index (χ2n) is 5.95. The maximum Gasteiger partial charge on any atom is 0.336 e. The van der Waals surface area contributed by atoms with Crippen molar-refractivity contribution in [1.29, 1.82) is 0 Å².